The number of carbonyl (C=O) groups excluding carboxylic acids is 2. The van der Waals surface area contributed by atoms with Crippen molar-refractivity contribution in [2.75, 3.05) is 0 Å². The molecule has 2 aliphatic carbocycles. The van der Waals surface area contributed by atoms with E-state index in [1.54, 1.807) is 13.1 Å². The van der Waals surface area contributed by atoms with Crippen molar-refractivity contribution in [3.8, 4) is 5.75 Å². The predicted octanol–water partition coefficient (Wildman–Crippen LogP) is 4.28. The second kappa shape index (κ2) is 9.93. The lowest BCUT2D eigenvalue weighted by atomic mass is 9.77. The number of rotatable bonds is 7. The lowest BCUT2D eigenvalue weighted by Gasteiger charge is -2.35. The minimum absolute atomic E-state index is 0.0144. The third kappa shape index (κ3) is 5.54. The van der Waals surface area contributed by atoms with Gasteiger partial charge in [0.1, 0.15) is 17.2 Å². The van der Waals surface area contributed by atoms with Gasteiger partial charge in [0.15, 0.2) is 11.6 Å². The predicted molar refractivity (Wildman–Crippen MR) is 118 cm³/mol. The molecule has 1 amide bonds. The van der Waals surface area contributed by atoms with Crippen LogP contribution >= 0.6 is 0 Å². The maximum Gasteiger partial charge on any atom is 0.272 e. The van der Waals surface area contributed by atoms with Crippen LogP contribution in [0.5, 0.6) is 5.75 Å². The van der Waals surface area contributed by atoms with Crippen LogP contribution in [-0.2, 0) is 11.2 Å². The molecule has 6 nitrogen and oxygen atoms in total. The van der Waals surface area contributed by atoms with Gasteiger partial charge in [-0.05, 0) is 69.4 Å². The van der Waals surface area contributed by atoms with Crippen molar-refractivity contribution in [3.63, 3.8) is 0 Å². The third-order valence-electron chi connectivity index (χ3n) is 6.92. The van der Waals surface area contributed by atoms with Crippen molar-refractivity contribution in [1.82, 2.24) is 15.3 Å². The Labute approximate surface area is 192 Å². The van der Waals surface area contributed by atoms with E-state index in [2.05, 4.69) is 22.2 Å². The quantitative estimate of drug-likeness (QED) is 0.671. The first-order chi connectivity index (χ1) is 15.8. The van der Waals surface area contributed by atoms with Crippen LogP contribution in [0.25, 0.3) is 0 Å². The summed E-state index contributed by atoms with van der Waals surface area (Å²) in [5.41, 5.74) is 0.986. The Bertz CT molecular complexity index is 1030. The monoisotopic (exact) mass is 457 g/mol. The first-order valence-electron chi connectivity index (χ1n) is 11.5. The molecule has 1 aromatic carbocycles. The highest BCUT2D eigenvalue weighted by Crippen LogP contribution is 2.34. The van der Waals surface area contributed by atoms with E-state index in [0.29, 0.717) is 23.6 Å². The summed E-state index contributed by atoms with van der Waals surface area (Å²) in [6.45, 7) is 3.70. The summed E-state index contributed by atoms with van der Waals surface area (Å²) in [6, 6.07) is 3.54. The van der Waals surface area contributed by atoms with Gasteiger partial charge >= 0.3 is 0 Å². The van der Waals surface area contributed by atoms with Crippen LogP contribution in [0.1, 0.15) is 62.1 Å². The first kappa shape index (κ1) is 23.3. The van der Waals surface area contributed by atoms with Crippen molar-refractivity contribution < 1.29 is 23.1 Å². The van der Waals surface area contributed by atoms with E-state index in [9.17, 15) is 18.4 Å². The van der Waals surface area contributed by atoms with Gasteiger partial charge in [-0.1, -0.05) is 6.92 Å². The molecule has 0 spiro atoms. The molecule has 4 rings (SSSR count). The molecular weight excluding hydrogens is 428 g/mol. The molecule has 8 heteroatoms. The van der Waals surface area contributed by atoms with Gasteiger partial charge in [0.25, 0.3) is 5.91 Å². The molecule has 0 bridgehead atoms. The average molecular weight is 458 g/mol. The van der Waals surface area contributed by atoms with Gasteiger partial charge in [0.2, 0.25) is 0 Å². The number of nitrogens with one attached hydrogen (secondary N) is 1. The Hall–Kier alpha value is -2.90. The molecule has 2 fully saturated rings. The molecule has 0 radical (unpaired) electrons. The van der Waals surface area contributed by atoms with Crippen LogP contribution in [0.3, 0.4) is 0 Å². The van der Waals surface area contributed by atoms with Crippen LogP contribution in [0.2, 0.25) is 0 Å². The van der Waals surface area contributed by atoms with Gasteiger partial charge in [-0.15, -0.1) is 0 Å². The van der Waals surface area contributed by atoms with E-state index >= 15 is 0 Å². The molecule has 2 saturated carbocycles. The summed E-state index contributed by atoms with van der Waals surface area (Å²) < 4.78 is 32.2. The number of ketones is 1. The number of hydrogen-bond acceptors (Lipinski definition) is 5. The SMILES string of the molecule is CC(=O)C1CCC(NC(=O)c2nccnc2CC2CC(Oc3ccc(F)c(F)c3)C2)C(C)C1. The molecule has 1 heterocycles. The van der Waals surface area contributed by atoms with Gasteiger partial charge < -0.3 is 10.1 Å². The van der Waals surface area contributed by atoms with Crippen LogP contribution in [0.15, 0.2) is 30.6 Å². The number of hydrogen-bond donors (Lipinski definition) is 1. The molecule has 2 aromatic rings. The molecule has 33 heavy (non-hydrogen) atoms. The van der Waals surface area contributed by atoms with Crippen LogP contribution in [0, 0.1) is 29.4 Å². The lowest BCUT2D eigenvalue weighted by Crippen LogP contribution is -2.44. The maximum atomic E-state index is 13.4. The Morgan fingerprint density at radius 3 is 2.55 bits per heavy atom. The summed E-state index contributed by atoms with van der Waals surface area (Å²) in [4.78, 5) is 33.4. The van der Waals surface area contributed by atoms with Gasteiger partial charge in [-0.2, -0.15) is 0 Å². The van der Waals surface area contributed by atoms with Crippen molar-refractivity contribution >= 4 is 11.7 Å². The molecule has 3 atom stereocenters. The molecule has 0 saturated heterocycles. The van der Waals surface area contributed by atoms with Gasteiger partial charge in [-0.25, -0.2) is 13.8 Å². The van der Waals surface area contributed by atoms with E-state index < -0.39 is 11.6 Å². The van der Waals surface area contributed by atoms with Gasteiger partial charge in [0.05, 0.1) is 11.8 Å². The van der Waals surface area contributed by atoms with E-state index in [0.717, 1.165) is 44.2 Å². The number of carbonyl (C=O) groups is 2. The number of Topliss-reactive ketones (excluding diaryl/α,β-unsaturated/α-hetero) is 1. The topological polar surface area (TPSA) is 81.2 Å². The fraction of sp³-hybridized carbons (Fsp3) is 0.520. The number of nitrogens with zero attached hydrogens (tertiary/aromatic N) is 2. The van der Waals surface area contributed by atoms with Crippen molar-refractivity contribution in [3.05, 3.63) is 53.6 Å². The lowest BCUT2D eigenvalue weighted by molar-refractivity contribution is -0.122. The fourth-order valence-electron chi connectivity index (χ4n) is 4.88. The molecular formula is C25H29F2N3O3. The second-order valence-electron chi connectivity index (χ2n) is 9.39. The highest BCUT2D eigenvalue weighted by molar-refractivity contribution is 5.93. The highest BCUT2D eigenvalue weighted by Gasteiger charge is 2.34. The van der Waals surface area contributed by atoms with Crippen molar-refractivity contribution in [2.45, 2.75) is 64.5 Å². The Morgan fingerprint density at radius 2 is 1.85 bits per heavy atom. The summed E-state index contributed by atoms with van der Waals surface area (Å²) in [5.74, 6) is -0.955. The largest absolute Gasteiger partial charge is 0.490 e. The van der Waals surface area contributed by atoms with E-state index in [-0.39, 0.29) is 41.6 Å². The molecule has 2 aliphatic rings. The number of halogens is 2. The normalized spacial score (nSPS) is 26.8. The number of amides is 1. The van der Waals surface area contributed by atoms with E-state index in [1.165, 1.54) is 12.3 Å². The standard InChI is InChI=1S/C25H29F2N3O3/c1-14-9-17(15(2)31)3-6-22(14)30-25(32)24-23(28-7-8-29-24)12-16-10-19(11-16)33-18-4-5-20(26)21(27)13-18/h4-5,7-8,13-14,16-17,19,22H,3,6,9-12H2,1-2H3,(H,30,32). The molecule has 0 aliphatic heterocycles. The van der Waals surface area contributed by atoms with Crippen molar-refractivity contribution in [1.29, 1.82) is 0 Å². The molecule has 176 valence electrons. The van der Waals surface area contributed by atoms with Crippen LogP contribution < -0.4 is 10.1 Å². The zero-order valence-corrected chi connectivity index (χ0v) is 18.9. The number of aromatic nitrogens is 2. The molecule has 3 unspecified atom stereocenters. The molecule has 1 N–H and O–H groups in total. The Morgan fingerprint density at radius 1 is 1.09 bits per heavy atom. The third-order valence-corrected chi connectivity index (χ3v) is 6.92. The van der Waals surface area contributed by atoms with E-state index in [4.69, 9.17) is 4.74 Å². The fourth-order valence-corrected chi connectivity index (χ4v) is 4.88. The first-order valence-corrected chi connectivity index (χ1v) is 11.5. The summed E-state index contributed by atoms with van der Waals surface area (Å²) >= 11 is 0. The minimum atomic E-state index is -0.928. The number of benzene rings is 1. The molecule has 1 aromatic heterocycles. The summed E-state index contributed by atoms with van der Waals surface area (Å²) in [6.07, 6.45) is 7.45. The summed E-state index contributed by atoms with van der Waals surface area (Å²) in [5, 5.41) is 3.10. The smallest absolute Gasteiger partial charge is 0.272 e. The second-order valence-corrected chi connectivity index (χ2v) is 9.39. The number of ether oxygens (including phenoxy) is 1. The van der Waals surface area contributed by atoms with Gasteiger partial charge in [0, 0.05) is 30.4 Å². The van der Waals surface area contributed by atoms with Crippen molar-refractivity contribution in [2.24, 2.45) is 17.8 Å². The Balaban J connectivity index is 1.31. The van der Waals surface area contributed by atoms with Gasteiger partial charge in [-0.3, -0.25) is 14.6 Å². The minimum Gasteiger partial charge on any atom is -0.490 e. The highest BCUT2D eigenvalue weighted by atomic mass is 19.2. The van der Waals surface area contributed by atoms with Crippen LogP contribution in [0.4, 0.5) is 8.78 Å². The zero-order chi connectivity index (χ0) is 23.5. The zero-order valence-electron chi connectivity index (χ0n) is 18.9. The van der Waals surface area contributed by atoms with Crippen LogP contribution in [-0.4, -0.2) is 33.8 Å². The van der Waals surface area contributed by atoms with E-state index in [1.807, 2.05) is 0 Å². The summed E-state index contributed by atoms with van der Waals surface area (Å²) in [7, 11) is 0. The average Bonchev–Trinajstić information content (AvgIpc) is 2.76. The Kier molecular flexibility index (Phi) is 7.00. The maximum absolute atomic E-state index is 13.4.